The second-order valence-corrected chi connectivity index (χ2v) is 3.94. The highest BCUT2D eigenvalue weighted by Gasteiger charge is 2.31. The molecule has 0 aromatic heterocycles. The van der Waals surface area contributed by atoms with E-state index < -0.39 is 5.97 Å². The minimum absolute atomic E-state index is 0. The molecule has 0 radical (unpaired) electrons. The van der Waals surface area contributed by atoms with Crippen molar-refractivity contribution in [3.8, 4) is 0 Å². The van der Waals surface area contributed by atoms with Gasteiger partial charge in [0.25, 0.3) is 0 Å². The van der Waals surface area contributed by atoms with Crippen LogP contribution in [0.15, 0.2) is 0 Å². The predicted molar refractivity (Wildman–Crippen MR) is 43.8 cm³/mol. The third-order valence-corrected chi connectivity index (χ3v) is 2.03. The van der Waals surface area contributed by atoms with Crippen molar-refractivity contribution in [1.82, 2.24) is 0 Å². The fraction of sp³-hybridized carbons (Fsp3) is 0.875. The van der Waals surface area contributed by atoms with E-state index in [2.05, 4.69) is 0 Å². The van der Waals surface area contributed by atoms with E-state index in [9.17, 15) is 4.79 Å². The standard InChI is InChI=1S/C8H15NO3.ClH/c1-9(2,4-3-8(10)11)5-7-6-12-7;/h7H,3-6H2,1-2H3;1H. The molecule has 1 aliphatic heterocycles. The first-order chi connectivity index (χ1) is 5.49. The Balaban J connectivity index is 0.00000144. The molecular weight excluding hydrogens is 194 g/mol. The maximum atomic E-state index is 10.3. The number of carbonyl (C=O) groups is 1. The van der Waals surface area contributed by atoms with Crippen molar-refractivity contribution >= 4 is 5.97 Å². The van der Waals surface area contributed by atoms with Gasteiger partial charge in [0.1, 0.15) is 12.6 Å². The van der Waals surface area contributed by atoms with Gasteiger partial charge in [0.2, 0.25) is 0 Å². The first kappa shape index (κ1) is 12.7. The minimum Gasteiger partial charge on any atom is -1.00 e. The van der Waals surface area contributed by atoms with E-state index in [-0.39, 0.29) is 18.8 Å². The van der Waals surface area contributed by atoms with Gasteiger partial charge in [-0.15, -0.1) is 0 Å². The first-order valence-electron chi connectivity index (χ1n) is 4.15. The molecule has 0 amide bonds. The maximum absolute atomic E-state index is 10.3. The van der Waals surface area contributed by atoms with Crippen molar-refractivity contribution in [2.75, 3.05) is 33.8 Å². The zero-order valence-corrected chi connectivity index (χ0v) is 8.75. The summed E-state index contributed by atoms with van der Waals surface area (Å²) in [4.78, 5) is 10.3. The van der Waals surface area contributed by atoms with Gasteiger partial charge in [-0.3, -0.25) is 4.79 Å². The monoisotopic (exact) mass is 209 g/mol. The normalized spacial score (nSPS) is 20.6. The van der Waals surface area contributed by atoms with Crippen LogP contribution in [-0.2, 0) is 9.53 Å². The average molecular weight is 210 g/mol. The van der Waals surface area contributed by atoms with Crippen molar-refractivity contribution in [3.05, 3.63) is 0 Å². The van der Waals surface area contributed by atoms with Crippen LogP contribution in [0.5, 0.6) is 0 Å². The fourth-order valence-electron chi connectivity index (χ4n) is 1.21. The van der Waals surface area contributed by atoms with E-state index in [1.807, 2.05) is 14.1 Å². The van der Waals surface area contributed by atoms with Gasteiger partial charge < -0.3 is 26.7 Å². The number of ether oxygens (including phenoxy) is 1. The molecule has 0 aromatic rings. The second kappa shape index (κ2) is 4.79. The van der Waals surface area contributed by atoms with Crippen LogP contribution < -0.4 is 12.4 Å². The Bertz CT molecular complexity index is 180. The van der Waals surface area contributed by atoms with Crippen LogP contribution in [0.4, 0.5) is 0 Å². The molecule has 1 saturated heterocycles. The molecule has 13 heavy (non-hydrogen) atoms. The summed E-state index contributed by atoms with van der Waals surface area (Å²) in [5.41, 5.74) is 0. The molecule has 0 aromatic carbocycles. The summed E-state index contributed by atoms with van der Waals surface area (Å²) in [7, 11) is 4.06. The van der Waals surface area contributed by atoms with Crippen LogP contribution >= 0.6 is 0 Å². The number of quaternary nitrogens is 1. The average Bonchev–Trinajstić information content (AvgIpc) is 2.67. The highest BCUT2D eigenvalue weighted by molar-refractivity contribution is 5.66. The molecule has 1 N–H and O–H groups in total. The van der Waals surface area contributed by atoms with Crippen LogP contribution in [0.25, 0.3) is 0 Å². The quantitative estimate of drug-likeness (QED) is 0.387. The number of nitrogens with zero attached hydrogens (tertiary/aromatic N) is 1. The van der Waals surface area contributed by atoms with E-state index in [1.54, 1.807) is 0 Å². The van der Waals surface area contributed by atoms with E-state index in [0.717, 1.165) is 17.6 Å². The van der Waals surface area contributed by atoms with Crippen LogP contribution in [0.2, 0.25) is 0 Å². The third-order valence-electron chi connectivity index (χ3n) is 2.03. The molecule has 0 spiro atoms. The van der Waals surface area contributed by atoms with E-state index in [4.69, 9.17) is 9.84 Å². The number of halogens is 1. The Morgan fingerprint density at radius 2 is 2.15 bits per heavy atom. The smallest absolute Gasteiger partial charge is 0.309 e. The zero-order valence-electron chi connectivity index (χ0n) is 7.99. The maximum Gasteiger partial charge on any atom is 0.309 e. The summed E-state index contributed by atoms with van der Waals surface area (Å²) in [5, 5.41) is 8.49. The molecule has 0 saturated carbocycles. The number of hydrogen-bond donors (Lipinski definition) is 1. The molecule has 5 heteroatoms. The van der Waals surface area contributed by atoms with Crippen molar-refractivity contribution in [2.24, 2.45) is 0 Å². The summed E-state index contributed by atoms with van der Waals surface area (Å²) in [5.74, 6) is -0.724. The third kappa shape index (κ3) is 5.85. The first-order valence-corrected chi connectivity index (χ1v) is 4.15. The highest BCUT2D eigenvalue weighted by Crippen LogP contribution is 2.13. The lowest BCUT2D eigenvalue weighted by molar-refractivity contribution is -0.890. The van der Waals surface area contributed by atoms with Crippen LogP contribution in [-0.4, -0.2) is 55.5 Å². The molecule has 0 bridgehead atoms. The van der Waals surface area contributed by atoms with E-state index in [1.165, 1.54) is 0 Å². The molecule has 1 rings (SSSR count). The Morgan fingerprint density at radius 3 is 2.54 bits per heavy atom. The number of carboxylic acid groups (broad SMARTS) is 1. The summed E-state index contributed by atoms with van der Waals surface area (Å²) >= 11 is 0. The predicted octanol–water partition coefficient (Wildman–Crippen LogP) is -3.06. The molecule has 0 aliphatic carbocycles. The Morgan fingerprint density at radius 1 is 1.62 bits per heavy atom. The van der Waals surface area contributed by atoms with Crippen molar-refractivity contribution < 1.29 is 31.5 Å². The number of epoxide rings is 1. The van der Waals surface area contributed by atoms with Gasteiger partial charge in [-0.25, -0.2) is 0 Å². The van der Waals surface area contributed by atoms with Gasteiger partial charge in [-0.05, 0) is 0 Å². The molecule has 4 nitrogen and oxygen atoms in total. The van der Waals surface area contributed by atoms with Gasteiger partial charge in [0.15, 0.2) is 0 Å². The second-order valence-electron chi connectivity index (χ2n) is 3.94. The molecule has 1 aliphatic rings. The SMILES string of the molecule is C[N+](C)(CCC(=O)O)CC1CO1.[Cl-]. The van der Waals surface area contributed by atoms with Gasteiger partial charge >= 0.3 is 5.97 Å². The van der Waals surface area contributed by atoms with E-state index >= 15 is 0 Å². The van der Waals surface area contributed by atoms with Crippen molar-refractivity contribution in [1.29, 1.82) is 0 Å². The van der Waals surface area contributed by atoms with Crippen LogP contribution in [0.1, 0.15) is 6.42 Å². The van der Waals surface area contributed by atoms with Crippen molar-refractivity contribution in [2.45, 2.75) is 12.5 Å². The summed E-state index contributed by atoms with van der Waals surface area (Å²) < 4.78 is 5.82. The Kier molecular flexibility index (Phi) is 4.67. The topological polar surface area (TPSA) is 49.8 Å². The Labute approximate surface area is 84.5 Å². The summed E-state index contributed by atoms with van der Waals surface area (Å²) in [6.07, 6.45) is 0.605. The van der Waals surface area contributed by atoms with Crippen LogP contribution in [0, 0.1) is 0 Å². The number of aliphatic carboxylic acids is 1. The summed E-state index contributed by atoms with van der Waals surface area (Å²) in [6.45, 7) is 2.44. The lowest BCUT2D eigenvalue weighted by Gasteiger charge is -2.28. The molecule has 1 heterocycles. The van der Waals surface area contributed by atoms with Gasteiger partial charge in [-0.1, -0.05) is 0 Å². The minimum atomic E-state index is -0.724. The molecule has 1 atom stereocenters. The molecule has 78 valence electrons. The highest BCUT2D eigenvalue weighted by atomic mass is 35.5. The lowest BCUT2D eigenvalue weighted by atomic mass is 10.3. The van der Waals surface area contributed by atoms with Crippen molar-refractivity contribution in [3.63, 3.8) is 0 Å². The Hall–Kier alpha value is -0.320. The summed E-state index contributed by atoms with van der Waals surface area (Å²) in [6, 6.07) is 0. The molecule has 1 fully saturated rings. The van der Waals surface area contributed by atoms with Gasteiger partial charge in [0.05, 0.1) is 33.7 Å². The van der Waals surface area contributed by atoms with Gasteiger partial charge in [0, 0.05) is 0 Å². The van der Waals surface area contributed by atoms with E-state index in [0.29, 0.717) is 12.6 Å². The number of rotatable bonds is 5. The number of carboxylic acids is 1. The number of likely N-dealkylation sites (N-methyl/N-ethyl adjacent to an activating group) is 1. The van der Waals surface area contributed by atoms with Gasteiger partial charge in [-0.2, -0.15) is 0 Å². The lowest BCUT2D eigenvalue weighted by Crippen LogP contribution is -3.00. The number of hydrogen-bond acceptors (Lipinski definition) is 2. The fourth-order valence-corrected chi connectivity index (χ4v) is 1.21. The molecule has 1 unspecified atom stereocenters. The largest absolute Gasteiger partial charge is 1.00 e. The molecular formula is C8H16ClNO3. The van der Waals surface area contributed by atoms with Crippen LogP contribution in [0.3, 0.4) is 0 Å². The zero-order chi connectivity index (χ0) is 9.19.